The lowest BCUT2D eigenvalue weighted by atomic mass is 10.2. The van der Waals surface area contributed by atoms with E-state index in [-0.39, 0.29) is 0 Å². The molecule has 0 spiro atoms. The third-order valence-corrected chi connectivity index (χ3v) is 3.31. The van der Waals surface area contributed by atoms with E-state index in [0.29, 0.717) is 35.5 Å². The number of aromatic nitrogens is 4. The van der Waals surface area contributed by atoms with E-state index < -0.39 is 0 Å². The molecule has 2 aromatic rings. The SMILES string of the molecule is CC(C)N(CCOc1cc(Cl)nc2ncnn12)C(C)C. The van der Waals surface area contributed by atoms with Gasteiger partial charge in [0.15, 0.2) is 0 Å². The minimum atomic E-state index is 0.352. The van der Waals surface area contributed by atoms with Crippen molar-refractivity contribution in [2.75, 3.05) is 13.2 Å². The fourth-order valence-electron chi connectivity index (χ4n) is 2.23. The predicted octanol–water partition coefficient (Wildman–Crippen LogP) is 2.28. The van der Waals surface area contributed by atoms with Crippen LogP contribution in [-0.2, 0) is 0 Å². The van der Waals surface area contributed by atoms with Crippen molar-refractivity contribution in [2.45, 2.75) is 39.8 Å². The molecule has 0 bridgehead atoms. The second-order valence-corrected chi connectivity index (χ2v) is 5.55. The van der Waals surface area contributed by atoms with E-state index in [9.17, 15) is 0 Å². The number of rotatable bonds is 6. The molecule has 0 saturated carbocycles. The quantitative estimate of drug-likeness (QED) is 0.766. The molecule has 0 aliphatic rings. The van der Waals surface area contributed by atoms with E-state index >= 15 is 0 Å². The number of ether oxygens (including phenoxy) is 1. The normalized spacial score (nSPS) is 12.0. The largest absolute Gasteiger partial charge is 0.476 e. The van der Waals surface area contributed by atoms with Crippen molar-refractivity contribution in [1.82, 2.24) is 24.5 Å². The van der Waals surface area contributed by atoms with Gasteiger partial charge in [-0.15, -0.1) is 0 Å². The summed E-state index contributed by atoms with van der Waals surface area (Å²) in [4.78, 5) is 10.4. The molecule has 0 amide bonds. The van der Waals surface area contributed by atoms with Crippen LogP contribution in [0.2, 0.25) is 5.15 Å². The smallest absolute Gasteiger partial charge is 0.256 e. The highest BCUT2D eigenvalue weighted by molar-refractivity contribution is 6.29. The Labute approximate surface area is 123 Å². The van der Waals surface area contributed by atoms with Gasteiger partial charge < -0.3 is 4.74 Å². The van der Waals surface area contributed by atoms with Gasteiger partial charge in [-0.05, 0) is 27.7 Å². The molecule has 0 unspecified atom stereocenters. The number of halogens is 1. The van der Waals surface area contributed by atoms with Crippen LogP contribution in [0.3, 0.4) is 0 Å². The topological polar surface area (TPSA) is 55.5 Å². The Hall–Kier alpha value is -1.40. The minimum Gasteiger partial charge on any atom is -0.476 e. The summed E-state index contributed by atoms with van der Waals surface area (Å²) in [5.74, 6) is 1.00. The summed E-state index contributed by atoms with van der Waals surface area (Å²) in [7, 11) is 0. The van der Waals surface area contributed by atoms with Crippen LogP contribution in [0.25, 0.3) is 5.78 Å². The van der Waals surface area contributed by atoms with Gasteiger partial charge in [0, 0.05) is 24.7 Å². The van der Waals surface area contributed by atoms with Gasteiger partial charge in [0.05, 0.1) is 0 Å². The third-order valence-electron chi connectivity index (χ3n) is 3.11. The Morgan fingerprint density at radius 3 is 2.65 bits per heavy atom. The average Bonchev–Trinajstić information content (AvgIpc) is 2.81. The van der Waals surface area contributed by atoms with Crippen molar-refractivity contribution < 1.29 is 4.74 Å². The van der Waals surface area contributed by atoms with Gasteiger partial charge in [0.1, 0.15) is 18.1 Å². The molecule has 0 atom stereocenters. The second-order valence-electron chi connectivity index (χ2n) is 5.16. The number of nitrogens with zero attached hydrogens (tertiary/aromatic N) is 5. The van der Waals surface area contributed by atoms with Crippen molar-refractivity contribution in [3.63, 3.8) is 0 Å². The van der Waals surface area contributed by atoms with Crippen LogP contribution in [0.5, 0.6) is 5.88 Å². The molecule has 2 heterocycles. The molecule has 110 valence electrons. The van der Waals surface area contributed by atoms with Gasteiger partial charge in [-0.25, -0.2) is 0 Å². The van der Waals surface area contributed by atoms with E-state index in [0.717, 1.165) is 6.54 Å². The van der Waals surface area contributed by atoms with Gasteiger partial charge in [-0.3, -0.25) is 4.90 Å². The van der Waals surface area contributed by atoms with Crippen LogP contribution in [0.15, 0.2) is 12.4 Å². The molecular formula is C13H20ClN5O. The molecule has 0 saturated heterocycles. The van der Waals surface area contributed by atoms with Gasteiger partial charge in [0.25, 0.3) is 5.78 Å². The fraction of sp³-hybridized carbons (Fsp3) is 0.615. The molecule has 6 nitrogen and oxygen atoms in total. The molecule has 0 fully saturated rings. The lowest BCUT2D eigenvalue weighted by Crippen LogP contribution is -2.39. The van der Waals surface area contributed by atoms with Gasteiger partial charge in [-0.2, -0.15) is 19.6 Å². The van der Waals surface area contributed by atoms with Gasteiger partial charge in [0.2, 0.25) is 5.88 Å². The Kier molecular flexibility index (Phi) is 4.77. The number of hydrogen-bond donors (Lipinski definition) is 0. The Morgan fingerprint density at radius 2 is 2.00 bits per heavy atom. The molecule has 0 aliphatic carbocycles. The molecule has 20 heavy (non-hydrogen) atoms. The molecule has 0 aromatic carbocycles. The van der Waals surface area contributed by atoms with E-state index in [1.54, 1.807) is 10.6 Å². The van der Waals surface area contributed by atoms with E-state index in [2.05, 4.69) is 47.7 Å². The summed E-state index contributed by atoms with van der Waals surface area (Å²) in [5, 5.41) is 4.43. The maximum absolute atomic E-state index is 5.94. The summed E-state index contributed by atoms with van der Waals surface area (Å²) in [5.41, 5.74) is 0. The van der Waals surface area contributed by atoms with Crippen LogP contribution >= 0.6 is 11.6 Å². The summed E-state index contributed by atoms with van der Waals surface area (Å²) in [6.07, 6.45) is 1.43. The molecule has 0 radical (unpaired) electrons. The minimum absolute atomic E-state index is 0.352. The molecular weight excluding hydrogens is 278 g/mol. The first-order chi connectivity index (χ1) is 9.49. The van der Waals surface area contributed by atoms with Crippen molar-refractivity contribution in [2.24, 2.45) is 0 Å². The van der Waals surface area contributed by atoms with E-state index in [4.69, 9.17) is 16.3 Å². The lowest BCUT2D eigenvalue weighted by molar-refractivity contribution is 0.139. The van der Waals surface area contributed by atoms with Gasteiger partial charge in [-0.1, -0.05) is 11.6 Å². The highest BCUT2D eigenvalue weighted by Crippen LogP contribution is 2.16. The fourth-order valence-corrected chi connectivity index (χ4v) is 2.40. The van der Waals surface area contributed by atoms with E-state index in [1.807, 2.05) is 0 Å². The first-order valence-electron chi connectivity index (χ1n) is 6.74. The summed E-state index contributed by atoms with van der Waals surface area (Å²) < 4.78 is 7.33. The molecule has 0 aliphatic heterocycles. The molecule has 0 N–H and O–H groups in total. The highest BCUT2D eigenvalue weighted by Gasteiger charge is 2.14. The zero-order chi connectivity index (χ0) is 14.7. The zero-order valence-electron chi connectivity index (χ0n) is 12.2. The zero-order valence-corrected chi connectivity index (χ0v) is 13.0. The van der Waals surface area contributed by atoms with Crippen LogP contribution < -0.4 is 4.74 Å². The Balaban J connectivity index is 2.04. The summed E-state index contributed by atoms with van der Waals surface area (Å²) >= 11 is 5.94. The predicted molar refractivity (Wildman–Crippen MR) is 78.3 cm³/mol. The van der Waals surface area contributed by atoms with Crippen LogP contribution in [0.4, 0.5) is 0 Å². The number of fused-ring (bicyclic) bond motifs is 1. The molecule has 2 aromatic heterocycles. The summed E-state index contributed by atoms with van der Waals surface area (Å²) in [6.45, 7) is 10.1. The maximum Gasteiger partial charge on any atom is 0.256 e. The van der Waals surface area contributed by atoms with Crippen LogP contribution in [0.1, 0.15) is 27.7 Å². The standard InChI is InChI=1S/C13H20ClN5O/c1-9(2)18(10(3)4)5-6-20-12-7-11(14)17-13-15-8-16-19(12)13/h7-10H,5-6H2,1-4H3. The monoisotopic (exact) mass is 297 g/mol. The van der Waals surface area contributed by atoms with Crippen molar-refractivity contribution in [3.8, 4) is 5.88 Å². The van der Waals surface area contributed by atoms with Crippen molar-refractivity contribution in [3.05, 3.63) is 17.5 Å². The van der Waals surface area contributed by atoms with E-state index in [1.165, 1.54) is 6.33 Å². The van der Waals surface area contributed by atoms with Crippen LogP contribution in [-0.4, -0.2) is 49.7 Å². The first kappa shape index (κ1) is 15.0. The Morgan fingerprint density at radius 1 is 1.30 bits per heavy atom. The second kappa shape index (κ2) is 6.37. The summed E-state index contributed by atoms with van der Waals surface area (Å²) in [6, 6.07) is 2.61. The maximum atomic E-state index is 5.94. The first-order valence-corrected chi connectivity index (χ1v) is 7.11. The molecule has 2 rings (SSSR count). The average molecular weight is 298 g/mol. The third kappa shape index (κ3) is 3.37. The lowest BCUT2D eigenvalue weighted by Gasteiger charge is -2.30. The number of hydrogen-bond acceptors (Lipinski definition) is 5. The highest BCUT2D eigenvalue weighted by atomic mass is 35.5. The Bertz CT molecular complexity index is 561. The van der Waals surface area contributed by atoms with Crippen LogP contribution in [0, 0.1) is 0 Å². The van der Waals surface area contributed by atoms with Crippen molar-refractivity contribution >= 4 is 17.4 Å². The molecule has 7 heteroatoms. The van der Waals surface area contributed by atoms with Crippen molar-refractivity contribution in [1.29, 1.82) is 0 Å². The van der Waals surface area contributed by atoms with Gasteiger partial charge >= 0.3 is 0 Å².